The Morgan fingerprint density at radius 3 is 2.62 bits per heavy atom. The van der Waals surface area contributed by atoms with Gasteiger partial charge in [0.15, 0.2) is 11.5 Å². The number of nitrogens with zero attached hydrogens (tertiary/aromatic N) is 1. The molecule has 9 heteroatoms. The van der Waals surface area contributed by atoms with Crippen molar-refractivity contribution in [2.75, 3.05) is 13.2 Å². The Bertz CT molecular complexity index is 1780. The lowest BCUT2D eigenvalue weighted by Gasteiger charge is -2.27. The predicted octanol–water partition coefficient (Wildman–Crippen LogP) is 6.05. The monoisotopic (exact) mass is 566 g/mol. The van der Waals surface area contributed by atoms with Crippen LogP contribution >= 0.6 is 0 Å². The summed E-state index contributed by atoms with van der Waals surface area (Å²) in [5.41, 5.74) is 7.13. The van der Waals surface area contributed by atoms with Crippen LogP contribution in [0.4, 0.5) is 0 Å². The molecule has 2 heterocycles. The van der Waals surface area contributed by atoms with Crippen molar-refractivity contribution in [1.29, 1.82) is 5.26 Å². The third kappa shape index (κ3) is 5.79. The molecule has 1 atom stereocenters. The molecule has 0 saturated carbocycles. The number of nitriles is 1. The zero-order valence-electron chi connectivity index (χ0n) is 23.5. The van der Waals surface area contributed by atoms with Crippen LogP contribution in [-0.4, -0.2) is 19.2 Å². The first-order valence-corrected chi connectivity index (χ1v) is 13.6. The summed E-state index contributed by atoms with van der Waals surface area (Å²) < 4.78 is 28.4. The molecular formula is C33H30N2O7. The molecule has 1 unspecified atom stereocenters. The average Bonchev–Trinajstić information content (AvgIpc) is 2.96. The van der Waals surface area contributed by atoms with E-state index in [0.29, 0.717) is 52.9 Å². The number of benzene rings is 3. The normalized spacial score (nSPS) is 14.2. The van der Waals surface area contributed by atoms with Crippen molar-refractivity contribution in [3.05, 3.63) is 105 Å². The SMILES string of the molecule is CCOc1cc(C2C(C#N)=C(N)Oc3cc(OC(=O)c4cc5ccccc5oc4=O)ccc32)ccc1OCCC(C)C. The van der Waals surface area contributed by atoms with Crippen molar-refractivity contribution in [2.45, 2.75) is 33.1 Å². The second kappa shape index (κ2) is 12.1. The van der Waals surface area contributed by atoms with E-state index in [9.17, 15) is 14.9 Å². The summed E-state index contributed by atoms with van der Waals surface area (Å²) in [5, 5.41) is 10.6. The number of fused-ring (bicyclic) bond motifs is 2. The van der Waals surface area contributed by atoms with Gasteiger partial charge in [0.25, 0.3) is 0 Å². The number of nitrogens with two attached hydrogens (primary N) is 1. The summed E-state index contributed by atoms with van der Waals surface area (Å²) in [7, 11) is 0. The maximum atomic E-state index is 12.9. The van der Waals surface area contributed by atoms with Crippen molar-refractivity contribution in [2.24, 2.45) is 11.7 Å². The molecule has 0 spiro atoms. The summed E-state index contributed by atoms with van der Waals surface area (Å²) in [6, 6.07) is 20.8. The fourth-order valence-corrected chi connectivity index (χ4v) is 4.70. The minimum absolute atomic E-state index is 0.0659. The number of esters is 1. The lowest BCUT2D eigenvalue weighted by Crippen LogP contribution is -2.22. The molecule has 0 saturated heterocycles. The Morgan fingerprint density at radius 2 is 1.86 bits per heavy atom. The van der Waals surface area contributed by atoms with Crippen LogP contribution in [0.25, 0.3) is 11.0 Å². The van der Waals surface area contributed by atoms with Crippen LogP contribution in [-0.2, 0) is 0 Å². The molecule has 0 radical (unpaired) electrons. The van der Waals surface area contributed by atoms with Gasteiger partial charge in [0.2, 0.25) is 5.88 Å². The van der Waals surface area contributed by atoms with Crippen LogP contribution in [0.5, 0.6) is 23.0 Å². The summed E-state index contributed by atoms with van der Waals surface area (Å²) in [5.74, 6) is 0.594. The van der Waals surface area contributed by atoms with Gasteiger partial charge in [-0.2, -0.15) is 5.26 Å². The van der Waals surface area contributed by atoms with E-state index in [1.807, 2.05) is 25.1 Å². The fourth-order valence-electron chi connectivity index (χ4n) is 4.70. The van der Waals surface area contributed by atoms with E-state index < -0.39 is 17.5 Å². The zero-order chi connectivity index (χ0) is 29.8. The largest absolute Gasteiger partial charge is 0.490 e. The number of rotatable bonds is 9. The maximum absolute atomic E-state index is 12.9. The second-order valence-corrected chi connectivity index (χ2v) is 10.2. The van der Waals surface area contributed by atoms with Crippen LogP contribution < -0.4 is 30.3 Å². The highest BCUT2D eigenvalue weighted by molar-refractivity contribution is 5.94. The van der Waals surface area contributed by atoms with Crippen LogP contribution in [0.3, 0.4) is 0 Å². The minimum atomic E-state index is -0.877. The number of allylic oxidation sites excluding steroid dienone is 1. The number of ether oxygens (including phenoxy) is 4. The molecule has 5 rings (SSSR count). The van der Waals surface area contributed by atoms with Gasteiger partial charge in [-0.15, -0.1) is 0 Å². The van der Waals surface area contributed by atoms with E-state index in [4.69, 9.17) is 29.1 Å². The molecule has 0 aliphatic carbocycles. The smallest absolute Gasteiger partial charge is 0.351 e. The first-order valence-electron chi connectivity index (χ1n) is 13.6. The molecular weight excluding hydrogens is 536 g/mol. The lowest BCUT2D eigenvalue weighted by atomic mass is 9.83. The molecule has 0 bridgehead atoms. The highest BCUT2D eigenvalue weighted by Gasteiger charge is 2.32. The molecule has 42 heavy (non-hydrogen) atoms. The highest BCUT2D eigenvalue weighted by Crippen LogP contribution is 2.45. The molecule has 0 fully saturated rings. The Hall–Kier alpha value is -5.23. The standard InChI is InChI=1S/C33H30N2O7/c1-4-38-29-16-21(9-12-27(29)39-14-13-19(2)3)30-23-11-10-22(17-28(23)41-31(35)25(30)18-34)40-32(36)24-15-20-7-5-6-8-26(20)42-33(24)37/h5-12,15-17,19,30H,4,13-14,35H2,1-3H3. The molecule has 4 aromatic rings. The Balaban J connectivity index is 1.46. The van der Waals surface area contributed by atoms with Gasteiger partial charge >= 0.3 is 11.6 Å². The van der Waals surface area contributed by atoms with Gasteiger partial charge in [0.05, 0.1) is 19.1 Å². The van der Waals surface area contributed by atoms with Crippen LogP contribution in [0, 0.1) is 17.2 Å². The third-order valence-corrected chi connectivity index (χ3v) is 6.82. The molecule has 1 aromatic heterocycles. The molecule has 3 aromatic carbocycles. The van der Waals surface area contributed by atoms with Crippen molar-refractivity contribution in [3.8, 4) is 29.1 Å². The van der Waals surface area contributed by atoms with Crippen LogP contribution in [0.1, 0.15) is 54.6 Å². The number of hydrogen-bond acceptors (Lipinski definition) is 9. The Kier molecular flexibility index (Phi) is 8.16. The van der Waals surface area contributed by atoms with E-state index in [-0.39, 0.29) is 22.8 Å². The number of carbonyl (C=O) groups excluding carboxylic acids is 1. The Morgan fingerprint density at radius 1 is 1.05 bits per heavy atom. The summed E-state index contributed by atoms with van der Waals surface area (Å²) in [4.78, 5) is 25.3. The van der Waals surface area contributed by atoms with Crippen molar-refractivity contribution in [3.63, 3.8) is 0 Å². The summed E-state index contributed by atoms with van der Waals surface area (Å²) in [6.07, 6.45) is 0.900. The molecule has 1 aliphatic heterocycles. The van der Waals surface area contributed by atoms with Gasteiger partial charge in [-0.25, -0.2) is 9.59 Å². The fraction of sp³-hybridized carbons (Fsp3) is 0.242. The van der Waals surface area contributed by atoms with E-state index >= 15 is 0 Å². The highest BCUT2D eigenvalue weighted by atomic mass is 16.5. The molecule has 0 amide bonds. The maximum Gasteiger partial charge on any atom is 0.351 e. The number of hydrogen-bond donors (Lipinski definition) is 1. The van der Waals surface area contributed by atoms with Gasteiger partial charge in [-0.3, -0.25) is 0 Å². The van der Waals surface area contributed by atoms with E-state index in [1.54, 1.807) is 36.4 Å². The van der Waals surface area contributed by atoms with Crippen LogP contribution in [0.15, 0.2) is 87.4 Å². The Labute approximate surface area is 242 Å². The van der Waals surface area contributed by atoms with E-state index in [0.717, 1.165) is 12.0 Å². The van der Waals surface area contributed by atoms with Crippen LogP contribution in [0.2, 0.25) is 0 Å². The first-order chi connectivity index (χ1) is 20.3. The number of para-hydroxylation sites is 1. The lowest BCUT2D eigenvalue weighted by molar-refractivity contribution is 0.0730. The van der Waals surface area contributed by atoms with Crippen molar-refractivity contribution >= 4 is 16.9 Å². The van der Waals surface area contributed by atoms with E-state index in [2.05, 4.69) is 19.9 Å². The molecule has 2 N–H and O–H groups in total. The minimum Gasteiger partial charge on any atom is -0.490 e. The third-order valence-electron chi connectivity index (χ3n) is 6.82. The second-order valence-electron chi connectivity index (χ2n) is 10.2. The molecule has 214 valence electrons. The van der Waals surface area contributed by atoms with Gasteiger partial charge < -0.3 is 29.1 Å². The predicted molar refractivity (Wildman–Crippen MR) is 156 cm³/mol. The van der Waals surface area contributed by atoms with Crippen molar-refractivity contribution in [1.82, 2.24) is 0 Å². The van der Waals surface area contributed by atoms with Gasteiger partial charge in [0, 0.05) is 17.0 Å². The van der Waals surface area contributed by atoms with Gasteiger partial charge in [0.1, 0.15) is 34.3 Å². The zero-order valence-corrected chi connectivity index (χ0v) is 23.5. The average molecular weight is 567 g/mol. The summed E-state index contributed by atoms with van der Waals surface area (Å²) >= 11 is 0. The topological polar surface area (TPSA) is 134 Å². The van der Waals surface area contributed by atoms with E-state index in [1.165, 1.54) is 12.1 Å². The van der Waals surface area contributed by atoms with Gasteiger partial charge in [-0.1, -0.05) is 44.2 Å². The number of carbonyl (C=O) groups is 1. The summed E-state index contributed by atoms with van der Waals surface area (Å²) in [6.45, 7) is 7.13. The molecule has 1 aliphatic rings. The quantitative estimate of drug-likeness (QED) is 0.146. The van der Waals surface area contributed by atoms with Gasteiger partial charge in [-0.05, 0) is 55.2 Å². The molecule has 9 nitrogen and oxygen atoms in total. The van der Waals surface area contributed by atoms with Crippen molar-refractivity contribution < 1.29 is 28.2 Å². The first kappa shape index (κ1) is 28.3.